The first-order valence-corrected chi connectivity index (χ1v) is 9.73. The van der Waals surface area contributed by atoms with E-state index in [1.54, 1.807) is 6.92 Å². The molecule has 5 nitrogen and oxygen atoms in total. The summed E-state index contributed by atoms with van der Waals surface area (Å²) in [5.74, 6) is -0.633. The van der Waals surface area contributed by atoms with Gasteiger partial charge in [-0.05, 0) is 77.9 Å². The predicted molar refractivity (Wildman–Crippen MR) is 104 cm³/mol. The number of aliphatic hydroxyl groups is 1. The summed E-state index contributed by atoms with van der Waals surface area (Å²) in [5, 5.41) is 10.9. The van der Waals surface area contributed by atoms with Gasteiger partial charge in [-0.3, -0.25) is 4.79 Å². The lowest BCUT2D eigenvalue weighted by atomic mass is 9.87. The molecule has 0 bridgehead atoms. The Hall–Kier alpha value is -1.88. The van der Waals surface area contributed by atoms with Gasteiger partial charge in [0.2, 0.25) is 0 Å². The number of hydrogen-bond donors (Lipinski definition) is 1. The number of fused-ring (bicyclic) bond motifs is 1. The number of carbonyl (C=O) groups excluding carboxylic acids is 2. The van der Waals surface area contributed by atoms with Gasteiger partial charge >= 0.3 is 11.9 Å². The number of hydrogen-bond acceptors (Lipinski definition) is 5. The van der Waals surface area contributed by atoms with Crippen molar-refractivity contribution in [3.8, 4) is 0 Å². The van der Waals surface area contributed by atoms with Gasteiger partial charge in [0.15, 0.2) is 0 Å². The van der Waals surface area contributed by atoms with Crippen LogP contribution in [0.4, 0.5) is 0 Å². The summed E-state index contributed by atoms with van der Waals surface area (Å²) in [5.41, 5.74) is 2.94. The van der Waals surface area contributed by atoms with Crippen LogP contribution in [0.2, 0.25) is 0 Å². The molecule has 1 N–H and O–H groups in total. The maximum atomic E-state index is 12.0. The highest BCUT2D eigenvalue weighted by Gasteiger charge is 2.34. The van der Waals surface area contributed by atoms with E-state index in [-0.39, 0.29) is 18.0 Å². The Labute approximate surface area is 162 Å². The molecule has 3 unspecified atom stereocenters. The Balaban J connectivity index is 2.30. The fourth-order valence-corrected chi connectivity index (χ4v) is 3.69. The number of rotatable bonds is 1. The van der Waals surface area contributed by atoms with E-state index in [1.807, 2.05) is 19.9 Å². The van der Waals surface area contributed by atoms with E-state index in [0.29, 0.717) is 31.3 Å². The topological polar surface area (TPSA) is 72.8 Å². The zero-order chi connectivity index (χ0) is 20.2. The zero-order valence-corrected chi connectivity index (χ0v) is 17.1. The van der Waals surface area contributed by atoms with Gasteiger partial charge in [0, 0.05) is 12.5 Å². The summed E-state index contributed by atoms with van der Waals surface area (Å²) < 4.78 is 11.0. The van der Waals surface area contributed by atoms with E-state index >= 15 is 0 Å². The molecule has 0 radical (unpaired) electrons. The molecule has 0 saturated carbocycles. The standard InChI is InChI=1S/C22H32O5/c1-14-7-6-12-22(5,25)20(26-17(4)23)11-9-15(2)13-19-18(10-8-14)16(3)21(24)27-19/h7,13,19-20,25H,6,8-12H2,1-5H3. The largest absolute Gasteiger partial charge is 0.459 e. The molecule has 0 fully saturated rings. The molecule has 0 spiro atoms. The van der Waals surface area contributed by atoms with Crippen molar-refractivity contribution in [1.29, 1.82) is 0 Å². The molecule has 3 atom stereocenters. The van der Waals surface area contributed by atoms with Gasteiger partial charge < -0.3 is 14.6 Å². The van der Waals surface area contributed by atoms with Gasteiger partial charge in [0.1, 0.15) is 12.2 Å². The molecule has 1 aliphatic heterocycles. The van der Waals surface area contributed by atoms with Gasteiger partial charge in [0.25, 0.3) is 0 Å². The van der Waals surface area contributed by atoms with Gasteiger partial charge in [-0.25, -0.2) is 4.79 Å². The molecule has 5 heteroatoms. The van der Waals surface area contributed by atoms with Gasteiger partial charge in [-0.1, -0.05) is 17.2 Å². The minimum atomic E-state index is -1.09. The molecular formula is C22H32O5. The lowest BCUT2D eigenvalue weighted by molar-refractivity contribution is -0.162. The minimum Gasteiger partial charge on any atom is -0.459 e. The summed E-state index contributed by atoms with van der Waals surface area (Å²) in [6.07, 6.45) is 7.27. The third-order valence-electron chi connectivity index (χ3n) is 5.54. The van der Waals surface area contributed by atoms with E-state index in [2.05, 4.69) is 13.0 Å². The molecule has 0 aromatic rings. The Bertz CT molecular complexity index is 681. The normalized spacial score (nSPS) is 30.7. The van der Waals surface area contributed by atoms with Gasteiger partial charge in [0.05, 0.1) is 5.60 Å². The molecule has 0 amide bonds. The third kappa shape index (κ3) is 5.80. The van der Waals surface area contributed by atoms with Crippen molar-refractivity contribution in [3.63, 3.8) is 0 Å². The molecule has 1 heterocycles. The van der Waals surface area contributed by atoms with Crippen molar-refractivity contribution < 1.29 is 24.2 Å². The monoisotopic (exact) mass is 376 g/mol. The summed E-state index contributed by atoms with van der Waals surface area (Å²) >= 11 is 0. The summed E-state index contributed by atoms with van der Waals surface area (Å²) in [6, 6.07) is 0. The Kier molecular flexibility index (Phi) is 7.04. The zero-order valence-electron chi connectivity index (χ0n) is 17.1. The molecule has 0 aromatic heterocycles. The average molecular weight is 376 g/mol. The van der Waals surface area contributed by atoms with E-state index in [0.717, 1.165) is 24.0 Å². The van der Waals surface area contributed by atoms with E-state index in [4.69, 9.17) is 9.47 Å². The second kappa shape index (κ2) is 8.87. The van der Waals surface area contributed by atoms with Crippen molar-refractivity contribution in [2.45, 2.75) is 91.0 Å². The van der Waals surface area contributed by atoms with E-state index < -0.39 is 11.7 Å². The summed E-state index contributed by atoms with van der Waals surface area (Å²) in [7, 11) is 0. The highest BCUT2D eigenvalue weighted by molar-refractivity contribution is 5.92. The number of ether oxygens (including phenoxy) is 2. The lowest BCUT2D eigenvalue weighted by Crippen LogP contribution is -2.42. The quantitative estimate of drug-likeness (QED) is 0.549. The molecule has 0 aromatic carbocycles. The van der Waals surface area contributed by atoms with Crippen molar-refractivity contribution in [3.05, 3.63) is 34.4 Å². The minimum absolute atomic E-state index is 0.245. The first-order chi connectivity index (χ1) is 12.6. The van der Waals surface area contributed by atoms with E-state index in [1.165, 1.54) is 12.5 Å². The molecular weight excluding hydrogens is 344 g/mol. The van der Waals surface area contributed by atoms with Crippen LogP contribution in [0.1, 0.15) is 73.1 Å². The Morgan fingerprint density at radius 1 is 1.22 bits per heavy atom. The maximum absolute atomic E-state index is 12.0. The first-order valence-electron chi connectivity index (χ1n) is 9.73. The molecule has 0 saturated heterocycles. The van der Waals surface area contributed by atoms with Crippen molar-refractivity contribution in [2.24, 2.45) is 0 Å². The first kappa shape index (κ1) is 21.4. The Morgan fingerprint density at radius 2 is 1.93 bits per heavy atom. The Morgan fingerprint density at radius 3 is 2.59 bits per heavy atom. The van der Waals surface area contributed by atoms with Crippen LogP contribution in [-0.2, 0) is 19.1 Å². The van der Waals surface area contributed by atoms with Crippen LogP contribution >= 0.6 is 0 Å². The van der Waals surface area contributed by atoms with Crippen LogP contribution in [0, 0.1) is 0 Å². The SMILES string of the molecule is CC(=O)OC1CCC(C)=CC2OC(=O)C(C)=C2CCC(C)=CCCC1(C)O. The third-order valence-corrected chi connectivity index (χ3v) is 5.54. The average Bonchev–Trinajstić information content (AvgIpc) is 2.82. The van der Waals surface area contributed by atoms with Crippen LogP contribution in [0.5, 0.6) is 0 Å². The van der Waals surface area contributed by atoms with Crippen LogP contribution in [-0.4, -0.2) is 34.9 Å². The maximum Gasteiger partial charge on any atom is 0.334 e. The van der Waals surface area contributed by atoms with Crippen molar-refractivity contribution in [2.75, 3.05) is 0 Å². The highest BCUT2D eigenvalue weighted by atomic mass is 16.6. The van der Waals surface area contributed by atoms with Crippen molar-refractivity contribution >= 4 is 11.9 Å². The highest BCUT2D eigenvalue weighted by Crippen LogP contribution is 2.31. The van der Waals surface area contributed by atoms with Crippen LogP contribution in [0.15, 0.2) is 34.4 Å². The van der Waals surface area contributed by atoms with E-state index in [9.17, 15) is 14.7 Å². The van der Waals surface area contributed by atoms with Crippen LogP contribution < -0.4 is 0 Å². The summed E-state index contributed by atoms with van der Waals surface area (Å²) in [6.45, 7) is 8.98. The summed E-state index contributed by atoms with van der Waals surface area (Å²) in [4.78, 5) is 23.5. The number of esters is 2. The van der Waals surface area contributed by atoms with Gasteiger partial charge in [-0.2, -0.15) is 0 Å². The molecule has 2 rings (SSSR count). The molecule has 2 aliphatic rings. The fraction of sp³-hybridized carbons (Fsp3) is 0.636. The van der Waals surface area contributed by atoms with Crippen LogP contribution in [0.3, 0.4) is 0 Å². The van der Waals surface area contributed by atoms with Gasteiger partial charge in [-0.15, -0.1) is 0 Å². The molecule has 1 aliphatic carbocycles. The second-order valence-electron chi connectivity index (χ2n) is 8.07. The molecule has 27 heavy (non-hydrogen) atoms. The van der Waals surface area contributed by atoms with Crippen molar-refractivity contribution in [1.82, 2.24) is 0 Å². The van der Waals surface area contributed by atoms with Crippen LogP contribution in [0.25, 0.3) is 0 Å². The molecule has 150 valence electrons. The smallest absolute Gasteiger partial charge is 0.334 e. The number of carbonyl (C=O) groups is 2. The fourth-order valence-electron chi connectivity index (χ4n) is 3.69. The lowest BCUT2D eigenvalue weighted by Gasteiger charge is -2.32. The second-order valence-corrected chi connectivity index (χ2v) is 8.07. The number of allylic oxidation sites excluding steroid dienone is 3. The predicted octanol–water partition coefficient (Wildman–Crippen LogP) is 4.16.